The fourth-order valence-electron chi connectivity index (χ4n) is 2.19. The number of aromatic nitrogens is 2. The number of pyridine rings is 1. The molecular weight excluding hydrogens is 324 g/mol. The molecule has 2 heterocycles. The molecule has 3 rings (SSSR count). The van der Waals surface area contributed by atoms with E-state index < -0.39 is 0 Å². The molecule has 0 spiro atoms. The molecule has 0 radical (unpaired) electrons. The second-order valence-corrected chi connectivity index (χ2v) is 5.17. The van der Waals surface area contributed by atoms with Crippen LogP contribution in [-0.2, 0) is 9.47 Å². The smallest absolute Gasteiger partial charge is 0.250 e. The van der Waals surface area contributed by atoms with Gasteiger partial charge in [0, 0.05) is 18.7 Å². The monoisotopic (exact) mass is 344 g/mol. The van der Waals surface area contributed by atoms with E-state index in [9.17, 15) is 0 Å². The Balaban J connectivity index is 1.64. The maximum atomic E-state index is 5.74. The first-order chi connectivity index (χ1) is 12.3. The molecule has 7 nitrogen and oxygen atoms in total. The van der Waals surface area contributed by atoms with Crippen LogP contribution < -0.4 is 9.47 Å². The summed E-state index contributed by atoms with van der Waals surface area (Å²) in [5.74, 6) is 1.76. The van der Waals surface area contributed by atoms with Gasteiger partial charge in [-0.25, -0.2) is 4.98 Å². The second-order valence-electron chi connectivity index (χ2n) is 5.17. The minimum absolute atomic E-state index is 0.404. The van der Waals surface area contributed by atoms with Gasteiger partial charge in [-0.1, -0.05) is 0 Å². The van der Waals surface area contributed by atoms with Gasteiger partial charge in [-0.2, -0.15) is 4.98 Å². The molecule has 0 aliphatic heterocycles. The van der Waals surface area contributed by atoms with Crippen LogP contribution in [0.2, 0.25) is 0 Å². The molecular formula is C18H20N2O5. The highest BCUT2D eigenvalue weighted by Gasteiger charge is 2.10. The molecule has 0 N–H and O–H groups in total. The summed E-state index contributed by atoms with van der Waals surface area (Å²) in [6.45, 7) is 1.98. The van der Waals surface area contributed by atoms with Crippen LogP contribution >= 0.6 is 0 Å². The van der Waals surface area contributed by atoms with E-state index in [0.29, 0.717) is 49.4 Å². The van der Waals surface area contributed by atoms with Gasteiger partial charge >= 0.3 is 0 Å². The van der Waals surface area contributed by atoms with Crippen LogP contribution in [0.4, 0.5) is 0 Å². The number of fused-ring (bicyclic) bond motifs is 1. The normalized spacial score (nSPS) is 11.0. The highest BCUT2D eigenvalue weighted by atomic mass is 16.5. The van der Waals surface area contributed by atoms with Gasteiger partial charge in [-0.05, 0) is 30.3 Å². The molecule has 0 bridgehead atoms. The molecule has 7 heteroatoms. The fourth-order valence-corrected chi connectivity index (χ4v) is 2.19. The van der Waals surface area contributed by atoms with Gasteiger partial charge in [0.2, 0.25) is 11.8 Å². The summed E-state index contributed by atoms with van der Waals surface area (Å²) >= 11 is 0. The van der Waals surface area contributed by atoms with Crippen molar-refractivity contribution in [2.45, 2.75) is 0 Å². The molecule has 132 valence electrons. The van der Waals surface area contributed by atoms with Crippen molar-refractivity contribution in [1.82, 2.24) is 9.97 Å². The van der Waals surface area contributed by atoms with Crippen LogP contribution in [0.5, 0.6) is 11.6 Å². The van der Waals surface area contributed by atoms with Crippen molar-refractivity contribution in [3.05, 3.63) is 36.4 Å². The van der Waals surface area contributed by atoms with E-state index in [1.807, 2.05) is 30.3 Å². The summed E-state index contributed by atoms with van der Waals surface area (Å²) in [7, 11) is 3.26. The van der Waals surface area contributed by atoms with Crippen molar-refractivity contribution in [2.24, 2.45) is 0 Å². The summed E-state index contributed by atoms with van der Waals surface area (Å²) in [5.41, 5.74) is 1.96. The zero-order chi connectivity index (χ0) is 17.5. The lowest BCUT2D eigenvalue weighted by molar-refractivity contribution is 0.0537. The van der Waals surface area contributed by atoms with Crippen molar-refractivity contribution >= 4 is 11.2 Å². The van der Waals surface area contributed by atoms with Gasteiger partial charge in [-0.15, -0.1) is 0 Å². The van der Waals surface area contributed by atoms with Crippen molar-refractivity contribution in [3.8, 4) is 23.1 Å². The number of hydrogen-bond donors (Lipinski definition) is 0. The minimum Gasteiger partial charge on any atom is -0.497 e. The molecule has 25 heavy (non-hydrogen) atoms. The number of ether oxygens (including phenoxy) is 4. The predicted octanol–water partition coefficient (Wildman–Crippen LogP) is 2.94. The number of rotatable bonds is 9. The van der Waals surface area contributed by atoms with Gasteiger partial charge in [0.25, 0.3) is 5.71 Å². The summed E-state index contributed by atoms with van der Waals surface area (Å²) in [6.07, 6.45) is 0. The van der Waals surface area contributed by atoms with Crippen LogP contribution in [0.3, 0.4) is 0 Å². The van der Waals surface area contributed by atoms with Crippen molar-refractivity contribution in [3.63, 3.8) is 0 Å². The van der Waals surface area contributed by atoms with Gasteiger partial charge in [0.1, 0.15) is 17.9 Å². The molecule has 0 saturated heterocycles. The minimum atomic E-state index is 0.404. The van der Waals surface area contributed by atoms with Crippen LogP contribution in [0, 0.1) is 0 Å². The molecule has 0 atom stereocenters. The highest BCUT2D eigenvalue weighted by molar-refractivity contribution is 5.73. The van der Waals surface area contributed by atoms with E-state index in [4.69, 9.17) is 23.4 Å². The van der Waals surface area contributed by atoms with E-state index in [2.05, 4.69) is 9.97 Å². The molecule has 0 saturated carbocycles. The van der Waals surface area contributed by atoms with E-state index in [-0.39, 0.29) is 0 Å². The molecule has 0 unspecified atom stereocenters. The van der Waals surface area contributed by atoms with Gasteiger partial charge < -0.3 is 23.4 Å². The zero-order valence-electron chi connectivity index (χ0n) is 14.2. The fraction of sp³-hybridized carbons (Fsp3) is 0.333. The SMILES string of the molecule is COCCOCCOc1ccc2nc(-c3ccc(OC)cc3)oc2n1. The molecule has 0 fully saturated rings. The molecule has 1 aromatic carbocycles. The Morgan fingerprint density at radius 3 is 2.44 bits per heavy atom. The first-order valence-corrected chi connectivity index (χ1v) is 7.91. The van der Waals surface area contributed by atoms with Crippen LogP contribution in [0.25, 0.3) is 22.7 Å². The molecule has 2 aromatic heterocycles. The summed E-state index contributed by atoms with van der Waals surface area (Å²) < 4.78 is 26.7. The topological polar surface area (TPSA) is 75.8 Å². The molecule has 0 aliphatic carbocycles. The van der Waals surface area contributed by atoms with Crippen LogP contribution in [-0.4, -0.2) is 50.6 Å². The van der Waals surface area contributed by atoms with Crippen LogP contribution in [0.1, 0.15) is 0 Å². The number of hydrogen-bond acceptors (Lipinski definition) is 7. The number of oxazole rings is 1. The number of methoxy groups -OCH3 is 2. The molecule has 0 amide bonds. The number of nitrogens with zero attached hydrogens (tertiary/aromatic N) is 2. The standard InChI is InChI=1S/C18H20N2O5/c1-21-9-10-23-11-12-24-16-8-7-15-18(20-16)25-17(19-15)13-3-5-14(22-2)6-4-13/h3-8H,9-12H2,1-2H3. The maximum Gasteiger partial charge on any atom is 0.250 e. The highest BCUT2D eigenvalue weighted by Crippen LogP contribution is 2.26. The lowest BCUT2D eigenvalue weighted by Crippen LogP contribution is -2.10. The molecule has 3 aromatic rings. The first-order valence-electron chi connectivity index (χ1n) is 7.91. The lowest BCUT2D eigenvalue weighted by atomic mass is 10.2. The van der Waals surface area contributed by atoms with E-state index in [1.165, 1.54) is 0 Å². The van der Waals surface area contributed by atoms with Crippen molar-refractivity contribution in [1.29, 1.82) is 0 Å². The van der Waals surface area contributed by atoms with E-state index in [1.54, 1.807) is 20.3 Å². The lowest BCUT2D eigenvalue weighted by Gasteiger charge is -2.05. The Morgan fingerprint density at radius 1 is 0.880 bits per heavy atom. The third kappa shape index (κ3) is 4.46. The molecule has 0 aliphatic rings. The summed E-state index contributed by atoms with van der Waals surface area (Å²) in [4.78, 5) is 8.78. The second kappa shape index (κ2) is 8.46. The average molecular weight is 344 g/mol. The van der Waals surface area contributed by atoms with Gasteiger partial charge in [0.15, 0.2) is 0 Å². The third-order valence-corrected chi connectivity index (χ3v) is 3.48. The summed E-state index contributed by atoms with van der Waals surface area (Å²) in [6, 6.07) is 11.1. The predicted molar refractivity (Wildman–Crippen MR) is 92.0 cm³/mol. The Hall–Kier alpha value is -2.64. The maximum absolute atomic E-state index is 5.74. The van der Waals surface area contributed by atoms with Gasteiger partial charge in [0.05, 0.1) is 26.9 Å². The Labute approximate surface area is 145 Å². The third-order valence-electron chi connectivity index (χ3n) is 3.48. The van der Waals surface area contributed by atoms with E-state index in [0.717, 1.165) is 11.3 Å². The largest absolute Gasteiger partial charge is 0.497 e. The van der Waals surface area contributed by atoms with Crippen LogP contribution in [0.15, 0.2) is 40.8 Å². The Kier molecular flexibility index (Phi) is 5.81. The van der Waals surface area contributed by atoms with Crippen molar-refractivity contribution in [2.75, 3.05) is 40.6 Å². The quantitative estimate of drug-likeness (QED) is 0.552. The van der Waals surface area contributed by atoms with Gasteiger partial charge in [-0.3, -0.25) is 0 Å². The zero-order valence-corrected chi connectivity index (χ0v) is 14.2. The Morgan fingerprint density at radius 2 is 1.68 bits per heavy atom. The van der Waals surface area contributed by atoms with Crippen molar-refractivity contribution < 1.29 is 23.4 Å². The Bertz CT molecular complexity index is 801. The number of benzene rings is 1. The van der Waals surface area contributed by atoms with E-state index >= 15 is 0 Å². The summed E-state index contributed by atoms with van der Waals surface area (Å²) in [5, 5.41) is 0. The average Bonchev–Trinajstić information content (AvgIpc) is 3.08. The first kappa shape index (κ1) is 17.2.